The van der Waals surface area contributed by atoms with Crippen LogP contribution in [0.2, 0.25) is 0 Å². The van der Waals surface area contributed by atoms with E-state index in [0.29, 0.717) is 4.31 Å². The van der Waals surface area contributed by atoms with E-state index in [1.54, 1.807) is 0 Å². The van der Waals surface area contributed by atoms with Gasteiger partial charge in [0.05, 0.1) is 18.6 Å². The van der Waals surface area contributed by atoms with Gasteiger partial charge in [0.1, 0.15) is 6.04 Å². The number of anilines is 1. The number of benzene rings is 3. The molecule has 2 amide bonds. The molecule has 238 valence electrons. The number of aliphatic hydroxyl groups is 1. The molecule has 0 heterocycles. The standard InChI is InChI=1S/C33H44N4O6S/c1-24(2)22-37(44(41,42)29-19-17-27(34)18-20-29)28(23-38)16-10-11-21-35-32(39)31(36-33(40)43-3)30(25-12-6-4-7-13-25)26-14-8-5-9-15-26/h4-9,12-15,17-20,24,28,30-31,38H,10-11,16,21-23,34H2,1-3H3,(H,35,39)(H,36,40)/t28-,31-/m0/s1/i1D3,2D3,24D. The molecule has 3 aromatic rings. The number of sulfonamides is 1. The van der Waals surface area contributed by atoms with Gasteiger partial charge >= 0.3 is 6.09 Å². The van der Waals surface area contributed by atoms with Crippen molar-refractivity contribution in [1.82, 2.24) is 14.9 Å². The number of methoxy groups -OCH3 is 1. The van der Waals surface area contributed by atoms with E-state index < -0.39 is 72.8 Å². The van der Waals surface area contributed by atoms with Crippen LogP contribution < -0.4 is 16.4 Å². The highest BCUT2D eigenvalue weighted by Gasteiger charge is 2.33. The molecule has 2 atom stereocenters. The Kier molecular flexibility index (Phi) is 9.69. The second-order valence-corrected chi connectivity index (χ2v) is 12.0. The largest absolute Gasteiger partial charge is 0.453 e. The molecule has 3 aromatic carbocycles. The van der Waals surface area contributed by atoms with Crippen molar-refractivity contribution in [2.24, 2.45) is 5.89 Å². The smallest absolute Gasteiger partial charge is 0.407 e. The summed E-state index contributed by atoms with van der Waals surface area (Å²) in [5.74, 6) is -4.37. The van der Waals surface area contributed by atoms with E-state index in [2.05, 4.69) is 10.6 Å². The van der Waals surface area contributed by atoms with Gasteiger partial charge in [0, 0.05) is 40.3 Å². The zero-order chi connectivity index (χ0) is 38.0. The van der Waals surface area contributed by atoms with Gasteiger partial charge in [-0.1, -0.05) is 80.8 Å². The Morgan fingerprint density at radius 3 is 2.09 bits per heavy atom. The van der Waals surface area contributed by atoms with Crippen LogP contribution >= 0.6 is 0 Å². The summed E-state index contributed by atoms with van der Waals surface area (Å²) in [5, 5.41) is 15.8. The van der Waals surface area contributed by atoms with Gasteiger partial charge in [-0.15, -0.1) is 0 Å². The summed E-state index contributed by atoms with van der Waals surface area (Å²) in [6, 6.07) is 20.7. The van der Waals surface area contributed by atoms with Gasteiger partial charge in [-0.2, -0.15) is 4.31 Å². The highest BCUT2D eigenvalue weighted by Crippen LogP contribution is 2.29. The van der Waals surface area contributed by atoms with Gasteiger partial charge < -0.3 is 26.2 Å². The van der Waals surface area contributed by atoms with Crippen LogP contribution in [0, 0.1) is 5.89 Å². The zero-order valence-electron chi connectivity index (χ0n) is 31.5. The molecular formula is C33H44N4O6S. The highest BCUT2D eigenvalue weighted by atomic mass is 32.2. The lowest BCUT2D eigenvalue weighted by Gasteiger charge is -2.31. The maximum absolute atomic E-state index is 13.9. The third-order valence-corrected chi connectivity index (χ3v) is 8.99. The topological polar surface area (TPSA) is 151 Å². The average Bonchev–Trinajstić information content (AvgIpc) is 3.08. The number of hydrogen-bond acceptors (Lipinski definition) is 7. The van der Waals surface area contributed by atoms with Crippen molar-refractivity contribution in [1.29, 1.82) is 0 Å². The van der Waals surface area contributed by atoms with Crippen LogP contribution in [0.3, 0.4) is 0 Å². The minimum atomic E-state index is -4.65. The fourth-order valence-electron chi connectivity index (χ4n) is 4.88. The van der Waals surface area contributed by atoms with Crippen molar-refractivity contribution < 1.29 is 37.4 Å². The van der Waals surface area contributed by atoms with Gasteiger partial charge in [0.15, 0.2) is 0 Å². The minimum Gasteiger partial charge on any atom is -0.453 e. The molecule has 0 bridgehead atoms. The predicted octanol–water partition coefficient (Wildman–Crippen LogP) is 4.12. The Labute approximate surface area is 270 Å². The van der Waals surface area contributed by atoms with E-state index in [9.17, 15) is 23.1 Å². The number of nitrogens with zero attached hydrogens (tertiary/aromatic N) is 1. The Bertz CT molecular complexity index is 1630. The van der Waals surface area contributed by atoms with E-state index in [1.165, 1.54) is 19.2 Å². The molecule has 0 aliphatic rings. The molecule has 0 fully saturated rings. The lowest BCUT2D eigenvalue weighted by atomic mass is 9.84. The second kappa shape index (κ2) is 16.8. The minimum absolute atomic E-state index is 0.0598. The number of alkyl carbamates (subject to hydrolysis) is 1. The Hall–Kier alpha value is -3.93. The first-order chi connectivity index (χ1) is 23.9. The lowest BCUT2D eigenvalue weighted by molar-refractivity contribution is -0.123. The maximum atomic E-state index is 13.9. The van der Waals surface area contributed by atoms with Crippen LogP contribution in [0.5, 0.6) is 0 Å². The fraction of sp³-hybridized carbons (Fsp3) is 0.394. The summed E-state index contributed by atoms with van der Waals surface area (Å²) in [5.41, 5.74) is 7.46. The van der Waals surface area contributed by atoms with Gasteiger partial charge in [-0.05, 0) is 54.1 Å². The number of nitrogens with two attached hydrogens (primary N) is 1. The molecule has 10 nitrogen and oxygen atoms in total. The normalized spacial score (nSPS) is 16.2. The molecule has 0 aliphatic heterocycles. The number of nitrogen functional groups attached to an aromatic ring is 1. The molecule has 0 saturated carbocycles. The van der Waals surface area contributed by atoms with Gasteiger partial charge in [0.2, 0.25) is 15.9 Å². The fourth-order valence-corrected chi connectivity index (χ4v) is 6.49. The molecule has 0 unspecified atom stereocenters. The number of hydrogen-bond donors (Lipinski definition) is 4. The van der Waals surface area contributed by atoms with Crippen molar-refractivity contribution in [3.63, 3.8) is 0 Å². The zero-order valence-corrected chi connectivity index (χ0v) is 25.3. The first kappa shape index (κ1) is 25.4. The van der Waals surface area contributed by atoms with E-state index in [-0.39, 0.29) is 36.4 Å². The quantitative estimate of drug-likeness (QED) is 0.137. The maximum Gasteiger partial charge on any atom is 0.407 e. The number of rotatable bonds is 16. The van der Waals surface area contributed by atoms with Gasteiger partial charge in [0.25, 0.3) is 0 Å². The summed E-state index contributed by atoms with van der Waals surface area (Å²) in [6.07, 6.45) is -0.477. The van der Waals surface area contributed by atoms with Crippen LogP contribution in [0.15, 0.2) is 89.8 Å². The third-order valence-electron chi connectivity index (χ3n) is 7.07. The van der Waals surface area contributed by atoms with Crippen molar-refractivity contribution >= 4 is 27.7 Å². The number of unbranched alkanes of at least 4 members (excludes halogenated alkanes) is 1. The SMILES string of the molecule is [2H]C([2H])([2H])C([2H])(CN([C@H](CO)CCCCNC(=O)[C@@H](NC(=O)OC)C(c1ccccc1)c1ccccc1)S(=O)(=O)c1ccc(N)cc1)C([2H])([2H])[2H]. The Balaban J connectivity index is 1.83. The number of nitrogens with one attached hydrogen (secondary N) is 2. The van der Waals surface area contributed by atoms with Crippen molar-refractivity contribution in [3.05, 3.63) is 96.1 Å². The van der Waals surface area contributed by atoms with E-state index in [1.807, 2.05) is 60.7 Å². The average molecular weight is 632 g/mol. The molecule has 0 aliphatic carbocycles. The summed E-state index contributed by atoms with van der Waals surface area (Å²) in [7, 11) is -3.47. The molecule has 0 aromatic heterocycles. The van der Waals surface area contributed by atoms with Crippen LogP contribution in [-0.4, -0.2) is 68.7 Å². The molecule has 3 rings (SSSR count). The molecule has 0 saturated heterocycles. The molecular weight excluding hydrogens is 580 g/mol. The van der Waals surface area contributed by atoms with Crippen LogP contribution in [0.25, 0.3) is 0 Å². The molecule has 5 N–H and O–H groups in total. The Morgan fingerprint density at radius 1 is 0.977 bits per heavy atom. The van der Waals surface area contributed by atoms with Gasteiger partial charge in [-0.25, -0.2) is 13.2 Å². The number of carbonyl (C=O) groups is 2. The summed E-state index contributed by atoms with van der Waals surface area (Å²) >= 11 is 0. The summed E-state index contributed by atoms with van der Waals surface area (Å²) in [6.45, 7) is -8.88. The number of amides is 2. The second-order valence-electron chi connectivity index (χ2n) is 10.1. The first-order valence-corrected chi connectivity index (χ1v) is 15.5. The lowest BCUT2D eigenvalue weighted by Crippen LogP contribution is -2.50. The van der Waals surface area contributed by atoms with Crippen LogP contribution in [0.1, 0.15) is 59.6 Å². The Morgan fingerprint density at radius 2 is 1.57 bits per heavy atom. The summed E-state index contributed by atoms with van der Waals surface area (Å²) < 4.78 is 88.7. The van der Waals surface area contributed by atoms with Crippen LogP contribution in [0.4, 0.5) is 10.5 Å². The third kappa shape index (κ3) is 9.54. The van der Waals surface area contributed by atoms with Crippen molar-refractivity contribution in [2.45, 2.75) is 55.9 Å². The first-order valence-electron chi connectivity index (χ1n) is 17.6. The van der Waals surface area contributed by atoms with E-state index in [4.69, 9.17) is 20.1 Å². The van der Waals surface area contributed by atoms with Crippen molar-refractivity contribution in [2.75, 3.05) is 32.5 Å². The number of carbonyl (C=O) groups excluding carboxylic acids is 2. The molecule has 44 heavy (non-hydrogen) atoms. The molecule has 0 radical (unpaired) electrons. The van der Waals surface area contributed by atoms with Crippen LogP contribution in [-0.2, 0) is 19.6 Å². The monoisotopic (exact) mass is 631 g/mol. The summed E-state index contributed by atoms with van der Waals surface area (Å²) in [4.78, 5) is 25.7. The number of aliphatic hydroxyl groups excluding tert-OH is 1. The molecule has 11 heteroatoms. The van der Waals surface area contributed by atoms with E-state index >= 15 is 0 Å². The predicted molar refractivity (Wildman–Crippen MR) is 171 cm³/mol. The van der Waals surface area contributed by atoms with Crippen molar-refractivity contribution in [3.8, 4) is 0 Å². The van der Waals surface area contributed by atoms with Gasteiger partial charge in [-0.3, -0.25) is 4.79 Å². The van der Waals surface area contributed by atoms with E-state index in [0.717, 1.165) is 23.3 Å². The molecule has 0 spiro atoms. The number of ether oxygens (including phenoxy) is 1. The highest BCUT2D eigenvalue weighted by molar-refractivity contribution is 7.89.